The Morgan fingerprint density at radius 2 is 2.38 bits per heavy atom. The highest BCUT2D eigenvalue weighted by atomic mass is 16.5. The lowest BCUT2D eigenvalue weighted by Crippen LogP contribution is -2.31. The van der Waals surface area contributed by atoms with Crippen molar-refractivity contribution < 1.29 is 9.94 Å². The third kappa shape index (κ3) is 2.81. The molecule has 1 atom stereocenters. The molecule has 1 unspecified atom stereocenters. The van der Waals surface area contributed by atoms with Crippen LogP contribution < -0.4 is 10.6 Å². The molecule has 0 saturated carbocycles. The van der Waals surface area contributed by atoms with Crippen molar-refractivity contribution in [2.45, 2.75) is 38.2 Å². The SMILES string of the molecule is CN(CC1CCCO1)c1nc2c(cc1C(N)=NO)CCC2. The van der Waals surface area contributed by atoms with E-state index in [2.05, 4.69) is 10.1 Å². The Bertz CT molecular complexity index is 553. The van der Waals surface area contributed by atoms with Gasteiger partial charge in [0.25, 0.3) is 0 Å². The molecule has 1 aromatic rings. The number of nitrogens with two attached hydrogens (primary N) is 1. The van der Waals surface area contributed by atoms with E-state index >= 15 is 0 Å². The lowest BCUT2D eigenvalue weighted by molar-refractivity contribution is 0.116. The van der Waals surface area contributed by atoms with Gasteiger partial charge in [-0.2, -0.15) is 0 Å². The molecule has 2 aliphatic rings. The van der Waals surface area contributed by atoms with Crippen molar-refractivity contribution in [2.24, 2.45) is 10.9 Å². The van der Waals surface area contributed by atoms with Gasteiger partial charge >= 0.3 is 0 Å². The average Bonchev–Trinajstić information content (AvgIpc) is 3.15. The number of likely N-dealkylation sites (N-methyl/N-ethyl adjacent to an activating group) is 1. The van der Waals surface area contributed by atoms with Gasteiger partial charge in [-0.3, -0.25) is 0 Å². The van der Waals surface area contributed by atoms with E-state index in [0.717, 1.165) is 56.8 Å². The zero-order valence-electron chi connectivity index (χ0n) is 12.4. The molecule has 21 heavy (non-hydrogen) atoms. The topological polar surface area (TPSA) is 84.0 Å². The Morgan fingerprint density at radius 1 is 1.52 bits per heavy atom. The molecule has 0 radical (unpaired) electrons. The highest BCUT2D eigenvalue weighted by Crippen LogP contribution is 2.27. The quantitative estimate of drug-likeness (QED) is 0.378. The fourth-order valence-electron chi connectivity index (χ4n) is 3.17. The minimum absolute atomic E-state index is 0.117. The summed E-state index contributed by atoms with van der Waals surface area (Å²) in [4.78, 5) is 6.82. The molecule has 0 spiro atoms. The molecule has 6 heteroatoms. The number of fused-ring (bicyclic) bond motifs is 1. The Labute approximate surface area is 124 Å². The summed E-state index contributed by atoms with van der Waals surface area (Å²) in [5.74, 6) is 0.896. The summed E-state index contributed by atoms with van der Waals surface area (Å²) in [6, 6.07) is 2.02. The average molecular weight is 290 g/mol. The van der Waals surface area contributed by atoms with Gasteiger partial charge in [-0.05, 0) is 43.7 Å². The molecule has 0 bridgehead atoms. The third-order valence-corrected chi connectivity index (χ3v) is 4.28. The van der Waals surface area contributed by atoms with Crippen LogP contribution in [0.3, 0.4) is 0 Å². The first-order valence-electron chi connectivity index (χ1n) is 7.52. The standard InChI is InChI=1S/C15H22N4O2/c1-19(9-11-5-3-7-21-11)15-12(14(16)18-20)8-10-4-2-6-13(10)17-15/h8,11,20H,2-7,9H2,1H3,(H2,16,18). The number of ether oxygens (including phenoxy) is 1. The van der Waals surface area contributed by atoms with Gasteiger partial charge in [-0.1, -0.05) is 5.16 Å². The zero-order valence-corrected chi connectivity index (χ0v) is 12.4. The van der Waals surface area contributed by atoms with Crippen LogP contribution in [0.1, 0.15) is 36.1 Å². The summed E-state index contributed by atoms with van der Waals surface area (Å²) in [6.07, 6.45) is 5.58. The first-order valence-corrected chi connectivity index (χ1v) is 7.52. The molecular weight excluding hydrogens is 268 g/mol. The summed E-state index contributed by atoms with van der Waals surface area (Å²) in [7, 11) is 1.99. The fraction of sp³-hybridized carbons (Fsp3) is 0.600. The summed E-state index contributed by atoms with van der Waals surface area (Å²) in [6.45, 7) is 1.61. The maximum Gasteiger partial charge on any atom is 0.173 e. The highest BCUT2D eigenvalue weighted by molar-refractivity contribution is 6.01. The molecule has 3 rings (SSSR count). The van der Waals surface area contributed by atoms with Crippen molar-refractivity contribution in [2.75, 3.05) is 25.1 Å². The Hall–Kier alpha value is -1.82. The van der Waals surface area contributed by atoms with Crippen molar-refractivity contribution in [3.63, 3.8) is 0 Å². The van der Waals surface area contributed by atoms with E-state index in [4.69, 9.17) is 20.7 Å². The first-order chi connectivity index (χ1) is 10.2. The molecular formula is C15H22N4O2. The van der Waals surface area contributed by atoms with Crippen molar-refractivity contribution in [1.82, 2.24) is 4.98 Å². The number of anilines is 1. The van der Waals surface area contributed by atoms with Crippen LogP contribution in [0.5, 0.6) is 0 Å². The predicted octanol–water partition coefficient (Wildman–Crippen LogP) is 1.28. The minimum Gasteiger partial charge on any atom is -0.409 e. The van der Waals surface area contributed by atoms with Crippen LogP contribution in [0.25, 0.3) is 0 Å². The molecule has 1 saturated heterocycles. The lowest BCUT2D eigenvalue weighted by Gasteiger charge is -2.24. The number of hydrogen-bond acceptors (Lipinski definition) is 5. The molecule has 1 aromatic heterocycles. The molecule has 1 aliphatic carbocycles. The third-order valence-electron chi connectivity index (χ3n) is 4.28. The summed E-state index contributed by atoms with van der Waals surface area (Å²) >= 11 is 0. The smallest absolute Gasteiger partial charge is 0.173 e. The normalized spacial score (nSPS) is 21.6. The number of rotatable bonds is 4. The predicted molar refractivity (Wildman–Crippen MR) is 81.0 cm³/mol. The van der Waals surface area contributed by atoms with E-state index in [1.54, 1.807) is 0 Å². The summed E-state index contributed by atoms with van der Waals surface area (Å²) < 4.78 is 5.68. The van der Waals surface area contributed by atoms with E-state index in [9.17, 15) is 0 Å². The maximum atomic E-state index is 9.02. The van der Waals surface area contributed by atoms with Gasteiger partial charge in [0.15, 0.2) is 5.84 Å². The second kappa shape index (κ2) is 5.89. The minimum atomic E-state index is 0.117. The number of amidine groups is 1. The van der Waals surface area contributed by atoms with E-state index in [-0.39, 0.29) is 11.9 Å². The maximum absolute atomic E-state index is 9.02. The van der Waals surface area contributed by atoms with Crippen molar-refractivity contribution >= 4 is 11.7 Å². The fourth-order valence-corrected chi connectivity index (χ4v) is 3.17. The molecule has 1 fully saturated rings. The van der Waals surface area contributed by atoms with Crippen molar-refractivity contribution in [3.8, 4) is 0 Å². The number of pyridine rings is 1. The van der Waals surface area contributed by atoms with Gasteiger partial charge in [0, 0.05) is 25.9 Å². The van der Waals surface area contributed by atoms with Crippen LogP contribution in [0.2, 0.25) is 0 Å². The van der Waals surface area contributed by atoms with Crippen molar-refractivity contribution in [3.05, 3.63) is 22.9 Å². The van der Waals surface area contributed by atoms with Crippen LogP contribution in [0, 0.1) is 0 Å². The van der Waals surface area contributed by atoms with Crippen LogP contribution in [-0.2, 0) is 17.6 Å². The van der Waals surface area contributed by atoms with Gasteiger partial charge in [-0.25, -0.2) is 4.98 Å². The second-order valence-electron chi connectivity index (χ2n) is 5.82. The van der Waals surface area contributed by atoms with Crippen LogP contribution in [0.15, 0.2) is 11.2 Å². The monoisotopic (exact) mass is 290 g/mol. The zero-order chi connectivity index (χ0) is 14.8. The lowest BCUT2D eigenvalue weighted by atomic mass is 10.1. The Balaban J connectivity index is 1.91. The molecule has 0 amide bonds. The highest BCUT2D eigenvalue weighted by Gasteiger charge is 2.23. The van der Waals surface area contributed by atoms with E-state index in [1.807, 2.05) is 13.1 Å². The van der Waals surface area contributed by atoms with E-state index in [1.165, 1.54) is 5.56 Å². The first kappa shape index (κ1) is 14.1. The number of oxime groups is 1. The number of aryl methyl sites for hydroxylation is 2. The van der Waals surface area contributed by atoms with Gasteiger partial charge in [0.05, 0.1) is 11.7 Å². The van der Waals surface area contributed by atoms with Crippen LogP contribution >= 0.6 is 0 Å². The molecule has 6 nitrogen and oxygen atoms in total. The van der Waals surface area contributed by atoms with Gasteiger partial charge in [0.2, 0.25) is 0 Å². The molecule has 0 aromatic carbocycles. The van der Waals surface area contributed by atoms with E-state index in [0.29, 0.717) is 5.56 Å². The molecule has 114 valence electrons. The van der Waals surface area contributed by atoms with Crippen LogP contribution in [0.4, 0.5) is 5.82 Å². The molecule has 1 aliphatic heterocycles. The van der Waals surface area contributed by atoms with Gasteiger partial charge in [0.1, 0.15) is 5.82 Å². The summed E-state index contributed by atoms with van der Waals surface area (Å²) in [5, 5.41) is 12.2. The van der Waals surface area contributed by atoms with Crippen LogP contribution in [-0.4, -0.2) is 42.3 Å². The largest absolute Gasteiger partial charge is 0.409 e. The molecule has 3 N–H and O–H groups in total. The Morgan fingerprint density at radius 3 is 3.10 bits per heavy atom. The van der Waals surface area contributed by atoms with E-state index < -0.39 is 0 Å². The van der Waals surface area contributed by atoms with Crippen molar-refractivity contribution in [1.29, 1.82) is 0 Å². The van der Waals surface area contributed by atoms with Gasteiger partial charge in [-0.15, -0.1) is 0 Å². The molecule has 2 heterocycles. The second-order valence-corrected chi connectivity index (χ2v) is 5.82. The number of nitrogens with zero attached hydrogens (tertiary/aromatic N) is 3. The number of hydrogen-bond donors (Lipinski definition) is 2. The van der Waals surface area contributed by atoms with Gasteiger partial charge < -0.3 is 20.6 Å². The summed E-state index contributed by atoms with van der Waals surface area (Å²) in [5.41, 5.74) is 8.90. The number of aromatic nitrogens is 1. The Kier molecular flexibility index (Phi) is 3.96.